The topological polar surface area (TPSA) is 17.1 Å². The van der Waals surface area contributed by atoms with Crippen molar-refractivity contribution in [2.45, 2.75) is 46.5 Å². The first kappa shape index (κ1) is 13.0. The van der Waals surface area contributed by atoms with Crippen molar-refractivity contribution in [3.63, 3.8) is 0 Å². The molecular weight excluding hydrogens is 196 g/mol. The zero-order valence-corrected chi connectivity index (χ0v) is 10.8. The standard InChI is InChI=1S/C15H22O/c1-5-12-7-9-13(10-8-12)15(11(3)4)14(16)6-2/h7-11,15H,5-6H2,1-4H3. The summed E-state index contributed by atoms with van der Waals surface area (Å²) < 4.78 is 0. The van der Waals surface area contributed by atoms with Gasteiger partial charge in [-0.15, -0.1) is 0 Å². The van der Waals surface area contributed by atoms with Crippen molar-refractivity contribution in [3.8, 4) is 0 Å². The third kappa shape index (κ3) is 2.94. The molecule has 0 saturated carbocycles. The van der Waals surface area contributed by atoms with Crippen molar-refractivity contribution >= 4 is 5.78 Å². The van der Waals surface area contributed by atoms with Crippen molar-refractivity contribution in [1.82, 2.24) is 0 Å². The van der Waals surface area contributed by atoms with E-state index < -0.39 is 0 Å². The molecule has 1 nitrogen and oxygen atoms in total. The lowest BCUT2D eigenvalue weighted by Crippen LogP contribution is -2.17. The summed E-state index contributed by atoms with van der Waals surface area (Å²) >= 11 is 0. The van der Waals surface area contributed by atoms with Gasteiger partial charge in [0.2, 0.25) is 0 Å². The number of Topliss-reactive ketones (excluding diaryl/α,β-unsaturated/α-hetero) is 1. The Morgan fingerprint density at radius 3 is 2.06 bits per heavy atom. The first-order valence-corrected chi connectivity index (χ1v) is 6.21. The van der Waals surface area contributed by atoms with Gasteiger partial charge in [0, 0.05) is 12.3 Å². The summed E-state index contributed by atoms with van der Waals surface area (Å²) in [5.74, 6) is 0.787. The molecule has 0 aliphatic rings. The third-order valence-electron chi connectivity index (χ3n) is 3.11. The van der Waals surface area contributed by atoms with E-state index in [1.54, 1.807) is 0 Å². The van der Waals surface area contributed by atoms with Crippen molar-refractivity contribution in [2.75, 3.05) is 0 Å². The number of carbonyl (C=O) groups is 1. The van der Waals surface area contributed by atoms with E-state index in [2.05, 4.69) is 45.0 Å². The van der Waals surface area contributed by atoms with Gasteiger partial charge < -0.3 is 0 Å². The predicted molar refractivity (Wildman–Crippen MR) is 68.7 cm³/mol. The Bertz CT molecular complexity index is 335. The van der Waals surface area contributed by atoms with Crippen LogP contribution in [0.3, 0.4) is 0 Å². The highest BCUT2D eigenvalue weighted by Crippen LogP contribution is 2.26. The molecule has 1 aromatic carbocycles. The number of ketones is 1. The van der Waals surface area contributed by atoms with Gasteiger partial charge >= 0.3 is 0 Å². The quantitative estimate of drug-likeness (QED) is 0.731. The van der Waals surface area contributed by atoms with Gasteiger partial charge in [0.25, 0.3) is 0 Å². The summed E-state index contributed by atoms with van der Waals surface area (Å²) in [6.45, 7) is 8.32. The summed E-state index contributed by atoms with van der Waals surface area (Å²) in [4.78, 5) is 11.9. The second kappa shape index (κ2) is 5.83. The van der Waals surface area contributed by atoms with Crippen molar-refractivity contribution in [1.29, 1.82) is 0 Å². The van der Waals surface area contributed by atoms with Crippen molar-refractivity contribution in [2.24, 2.45) is 5.92 Å². The second-order valence-corrected chi connectivity index (χ2v) is 4.64. The monoisotopic (exact) mass is 218 g/mol. The van der Waals surface area contributed by atoms with Gasteiger partial charge in [0.05, 0.1) is 0 Å². The molecule has 1 atom stereocenters. The lowest BCUT2D eigenvalue weighted by atomic mass is 9.83. The van der Waals surface area contributed by atoms with Crippen LogP contribution in [-0.4, -0.2) is 5.78 Å². The molecular formula is C15H22O. The number of carbonyl (C=O) groups excluding carboxylic acids is 1. The summed E-state index contributed by atoms with van der Waals surface area (Å²) in [5, 5.41) is 0. The summed E-state index contributed by atoms with van der Waals surface area (Å²) in [5.41, 5.74) is 2.49. The molecule has 0 spiro atoms. The van der Waals surface area contributed by atoms with Gasteiger partial charge in [-0.1, -0.05) is 52.0 Å². The molecule has 1 heteroatoms. The zero-order valence-electron chi connectivity index (χ0n) is 10.8. The van der Waals surface area contributed by atoms with Gasteiger partial charge in [-0.3, -0.25) is 4.79 Å². The summed E-state index contributed by atoms with van der Waals surface area (Å²) in [6, 6.07) is 8.48. The van der Waals surface area contributed by atoms with Gasteiger partial charge in [-0.05, 0) is 23.5 Å². The number of hydrogen-bond donors (Lipinski definition) is 0. The molecule has 0 radical (unpaired) electrons. The van der Waals surface area contributed by atoms with Crippen LogP contribution in [0.25, 0.3) is 0 Å². The molecule has 1 unspecified atom stereocenters. The largest absolute Gasteiger partial charge is 0.299 e. The number of rotatable bonds is 5. The predicted octanol–water partition coefficient (Wildman–Crippen LogP) is 3.97. The molecule has 0 amide bonds. The SMILES string of the molecule is CCC(=O)C(c1ccc(CC)cc1)C(C)C. The van der Waals surface area contributed by atoms with E-state index in [1.165, 1.54) is 11.1 Å². The molecule has 1 rings (SSSR count). The van der Waals surface area contributed by atoms with Gasteiger partial charge in [0.15, 0.2) is 0 Å². The first-order valence-electron chi connectivity index (χ1n) is 6.21. The normalized spacial score (nSPS) is 12.8. The van der Waals surface area contributed by atoms with Crippen molar-refractivity contribution < 1.29 is 4.79 Å². The highest BCUT2D eigenvalue weighted by atomic mass is 16.1. The van der Waals surface area contributed by atoms with Crippen LogP contribution >= 0.6 is 0 Å². The van der Waals surface area contributed by atoms with Gasteiger partial charge in [0.1, 0.15) is 5.78 Å². The van der Waals surface area contributed by atoms with Crippen LogP contribution in [0.2, 0.25) is 0 Å². The minimum atomic E-state index is 0.0657. The molecule has 0 heterocycles. The molecule has 0 bridgehead atoms. The Kier molecular flexibility index (Phi) is 4.72. The maximum atomic E-state index is 11.9. The minimum Gasteiger partial charge on any atom is -0.299 e. The lowest BCUT2D eigenvalue weighted by molar-refractivity contribution is -0.121. The van der Waals surface area contributed by atoms with E-state index in [4.69, 9.17) is 0 Å². The van der Waals surface area contributed by atoms with Crippen LogP contribution in [0.15, 0.2) is 24.3 Å². The van der Waals surface area contributed by atoms with E-state index in [0.717, 1.165) is 6.42 Å². The third-order valence-corrected chi connectivity index (χ3v) is 3.11. The van der Waals surface area contributed by atoms with E-state index >= 15 is 0 Å². The van der Waals surface area contributed by atoms with Crippen LogP contribution in [0.1, 0.15) is 51.2 Å². The fourth-order valence-electron chi connectivity index (χ4n) is 2.12. The highest BCUT2D eigenvalue weighted by Gasteiger charge is 2.22. The number of hydrogen-bond acceptors (Lipinski definition) is 1. The van der Waals surface area contributed by atoms with Crippen LogP contribution < -0.4 is 0 Å². The molecule has 1 aromatic rings. The number of aryl methyl sites for hydroxylation is 1. The van der Waals surface area contributed by atoms with E-state index in [0.29, 0.717) is 18.1 Å². The Morgan fingerprint density at radius 1 is 1.12 bits per heavy atom. The zero-order chi connectivity index (χ0) is 12.1. The molecule has 0 aromatic heterocycles. The molecule has 0 aliphatic heterocycles. The Morgan fingerprint density at radius 2 is 1.69 bits per heavy atom. The van der Waals surface area contributed by atoms with Crippen LogP contribution in [0.5, 0.6) is 0 Å². The van der Waals surface area contributed by atoms with Gasteiger partial charge in [-0.2, -0.15) is 0 Å². The van der Waals surface area contributed by atoms with Crippen LogP contribution in [-0.2, 0) is 11.2 Å². The molecule has 0 fully saturated rings. The molecule has 88 valence electrons. The van der Waals surface area contributed by atoms with Gasteiger partial charge in [-0.25, -0.2) is 0 Å². The van der Waals surface area contributed by atoms with Crippen molar-refractivity contribution in [3.05, 3.63) is 35.4 Å². The van der Waals surface area contributed by atoms with E-state index in [9.17, 15) is 4.79 Å². The Labute approximate surface area is 98.9 Å². The fraction of sp³-hybridized carbons (Fsp3) is 0.533. The first-order chi connectivity index (χ1) is 7.60. The van der Waals surface area contributed by atoms with E-state index in [1.807, 2.05) is 6.92 Å². The Hall–Kier alpha value is -1.11. The second-order valence-electron chi connectivity index (χ2n) is 4.64. The van der Waals surface area contributed by atoms with Crippen LogP contribution in [0.4, 0.5) is 0 Å². The summed E-state index contributed by atoms with van der Waals surface area (Å²) in [7, 11) is 0. The maximum Gasteiger partial charge on any atom is 0.140 e. The average molecular weight is 218 g/mol. The molecule has 16 heavy (non-hydrogen) atoms. The lowest BCUT2D eigenvalue weighted by Gasteiger charge is -2.19. The Balaban J connectivity index is 2.97. The summed E-state index contributed by atoms with van der Waals surface area (Å²) in [6.07, 6.45) is 1.67. The smallest absolute Gasteiger partial charge is 0.140 e. The minimum absolute atomic E-state index is 0.0657. The fourth-order valence-corrected chi connectivity index (χ4v) is 2.12. The van der Waals surface area contributed by atoms with E-state index in [-0.39, 0.29) is 5.92 Å². The number of benzene rings is 1. The maximum absolute atomic E-state index is 11.9. The molecule has 0 saturated heterocycles. The average Bonchev–Trinajstić information content (AvgIpc) is 2.29. The van der Waals surface area contributed by atoms with Crippen LogP contribution in [0, 0.1) is 5.92 Å². The molecule has 0 aliphatic carbocycles. The molecule has 0 N–H and O–H groups in total. The highest BCUT2D eigenvalue weighted by molar-refractivity contribution is 5.85.